The Morgan fingerprint density at radius 2 is 2.13 bits per heavy atom. The second kappa shape index (κ2) is 9.98. The van der Waals surface area contributed by atoms with Crippen molar-refractivity contribution in [2.45, 2.75) is 51.2 Å². The van der Waals surface area contributed by atoms with Gasteiger partial charge in [0.1, 0.15) is 6.04 Å². The number of hydrogen-bond acceptors (Lipinski definition) is 6. The molecule has 0 spiro atoms. The summed E-state index contributed by atoms with van der Waals surface area (Å²) in [7, 11) is 0. The van der Waals surface area contributed by atoms with E-state index in [0.717, 1.165) is 0 Å². The summed E-state index contributed by atoms with van der Waals surface area (Å²) >= 11 is 0. The number of aromatic nitrogens is 4. The molecule has 1 saturated heterocycles. The van der Waals surface area contributed by atoms with Crippen LogP contribution < -0.4 is 22.3 Å². The highest BCUT2D eigenvalue weighted by Gasteiger charge is 2.36. The Labute approximate surface area is 171 Å². The molecule has 2 aromatic rings. The van der Waals surface area contributed by atoms with E-state index in [1.54, 1.807) is 13.1 Å². The predicted octanol–water partition coefficient (Wildman–Crippen LogP) is -2.30. The summed E-state index contributed by atoms with van der Waals surface area (Å²) in [6.07, 6.45) is 5.10. The number of hydrogen-bond donors (Lipinski definition) is 5. The minimum absolute atomic E-state index is 0. The zero-order chi connectivity index (χ0) is 21.0. The number of nitrogens with zero attached hydrogens (tertiary/aromatic N) is 2. The topological polar surface area (TPSA) is 201 Å². The smallest absolute Gasteiger partial charge is 0.325 e. The molecule has 2 aromatic heterocycles. The van der Waals surface area contributed by atoms with E-state index in [1.807, 2.05) is 0 Å². The van der Waals surface area contributed by atoms with E-state index in [1.165, 1.54) is 11.2 Å². The number of amides is 2. The summed E-state index contributed by atoms with van der Waals surface area (Å²) in [6.45, 7) is 2.23. The van der Waals surface area contributed by atoms with Crippen molar-refractivity contribution in [2.24, 2.45) is 5.73 Å². The normalized spacial score (nSPS) is 16.7. The molecule has 0 aliphatic carbocycles. The van der Waals surface area contributed by atoms with E-state index in [9.17, 15) is 19.2 Å². The first-order valence-corrected chi connectivity index (χ1v) is 9.56. The van der Waals surface area contributed by atoms with Gasteiger partial charge in [0.05, 0.1) is 24.6 Å². The van der Waals surface area contributed by atoms with E-state index < -0.39 is 23.3 Å². The molecular weight excluding hydrogens is 394 g/mol. The third-order valence-corrected chi connectivity index (χ3v) is 5.06. The molecule has 2 atom stereocenters. The maximum atomic E-state index is 12.7. The van der Waals surface area contributed by atoms with Gasteiger partial charge in [-0.1, -0.05) is 6.92 Å². The van der Waals surface area contributed by atoms with Gasteiger partial charge in [0.15, 0.2) is 0 Å². The number of carbonyl (C=O) groups is 2. The quantitative estimate of drug-likeness (QED) is 0.332. The van der Waals surface area contributed by atoms with Crippen LogP contribution in [0.5, 0.6) is 0 Å². The van der Waals surface area contributed by atoms with E-state index in [-0.39, 0.29) is 30.3 Å². The molecule has 0 radical (unpaired) electrons. The minimum Gasteiger partial charge on any atom is -0.412 e. The SMILES string of the molecule is CCc1c(CNC(=O)[C@@H]2CCCN2C(=O)[C@@H](N)Cc2c[nH]cn2)[nH]c(=O)[nH]c1=O.O. The molecule has 2 amide bonds. The third-order valence-electron chi connectivity index (χ3n) is 5.06. The second-order valence-corrected chi connectivity index (χ2v) is 7.00. The Kier molecular flexibility index (Phi) is 7.66. The number of aromatic amines is 3. The van der Waals surface area contributed by atoms with Crippen molar-refractivity contribution in [3.05, 3.63) is 50.3 Å². The molecule has 8 N–H and O–H groups in total. The lowest BCUT2D eigenvalue weighted by Crippen LogP contribution is -2.51. The number of nitrogens with two attached hydrogens (primary N) is 1. The van der Waals surface area contributed by atoms with Crippen LogP contribution in [0.25, 0.3) is 0 Å². The van der Waals surface area contributed by atoms with Crippen LogP contribution in [0.15, 0.2) is 22.1 Å². The lowest BCUT2D eigenvalue weighted by Gasteiger charge is -2.26. The van der Waals surface area contributed by atoms with Gasteiger partial charge in [-0.05, 0) is 19.3 Å². The molecule has 1 fully saturated rings. The van der Waals surface area contributed by atoms with Gasteiger partial charge >= 0.3 is 5.69 Å². The highest BCUT2D eigenvalue weighted by Crippen LogP contribution is 2.19. The number of nitrogens with one attached hydrogen (secondary N) is 4. The maximum Gasteiger partial charge on any atom is 0.325 e. The Bertz CT molecular complexity index is 982. The first-order valence-electron chi connectivity index (χ1n) is 9.56. The highest BCUT2D eigenvalue weighted by molar-refractivity contribution is 5.90. The largest absolute Gasteiger partial charge is 0.412 e. The van der Waals surface area contributed by atoms with Crippen molar-refractivity contribution in [3.63, 3.8) is 0 Å². The molecule has 164 valence electrons. The molecule has 0 unspecified atom stereocenters. The Morgan fingerprint density at radius 3 is 2.80 bits per heavy atom. The molecule has 0 aromatic carbocycles. The number of likely N-dealkylation sites (tertiary alicyclic amines) is 1. The predicted molar refractivity (Wildman–Crippen MR) is 108 cm³/mol. The average Bonchev–Trinajstić information content (AvgIpc) is 3.37. The van der Waals surface area contributed by atoms with Crippen LogP contribution in [0.3, 0.4) is 0 Å². The highest BCUT2D eigenvalue weighted by atomic mass is 16.2. The molecule has 0 saturated carbocycles. The van der Waals surface area contributed by atoms with Crippen molar-refractivity contribution < 1.29 is 15.1 Å². The number of imidazole rings is 1. The van der Waals surface area contributed by atoms with Crippen LogP contribution in [0.1, 0.15) is 36.7 Å². The van der Waals surface area contributed by atoms with Gasteiger partial charge in [-0.2, -0.15) is 0 Å². The number of carbonyl (C=O) groups excluding carboxylic acids is 2. The second-order valence-electron chi connectivity index (χ2n) is 7.00. The van der Waals surface area contributed by atoms with Crippen LogP contribution >= 0.6 is 0 Å². The van der Waals surface area contributed by atoms with Gasteiger partial charge in [-0.3, -0.25) is 19.4 Å². The molecule has 0 bridgehead atoms. The molecule has 12 heteroatoms. The van der Waals surface area contributed by atoms with E-state index in [0.29, 0.717) is 42.8 Å². The van der Waals surface area contributed by atoms with Crippen molar-refractivity contribution in [2.75, 3.05) is 6.54 Å². The number of H-pyrrole nitrogens is 3. The van der Waals surface area contributed by atoms with Crippen LogP contribution in [-0.4, -0.2) is 60.8 Å². The molecule has 1 aliphatic heterocycles. The van der Waals surface area contributed by atoms with Crippen molar-refractivity contribution in [1.29, 1.82) is 0 Å². The molecule has 3 rings (SSSR count). The lowest BCUT2D eigenvalue weighted by molar-refractivity contribution is -0.139. The van der Waals surface area contributed by atoms with E-state index >= 15 is 0 Å². The van der Waals surface area contributed by atoms with Crippen LogP contribution in [0, 0.1) is 0 Å². The molecule has 30 heavy (non-hydrogen) atoms. The monoisotopic (exact) mass is 421 g/mol. The van der Waals surface area contributed by atoms with Gasteiger partial charge < -0.3 is 31.4 Å². The Hall–Kier alpha value is -3.25. The fourth-order valence-electron chi connectivity index (χ4n) is 3.61. The van der Waals surface area contributed by atoms with Gasteiger partial charge in [0, 0.05) is 30.4 Å². The first-order chi connectivity index (χ1) is 13.9. The van der Waals surface area contributed by atoms with Crippen molar-refractivity contribution >= 4 is 11.8 Å². The summed E-state index contributed by atoms with van der Waals surface area (Å²) < 4.78 is 0. The van der Waals surface area contributed by atoms with Crippen LogP contribution in [-0.2, 0) is 29.0 Å². The summed E-state index contributed by atoms with van der Waals surface area (Å²) in [5.41, 5.74) is 6.38. The van der Waals surface area contributed by atoms with Gasteiger partial charge in [0.25, 0.3) is 5.56 Å². The van der Waals surface area contributed by atoms with Gasteiger partial charge in [-0.15, -0.1) is 0 Å². The summed E-state index contributed by atoms with van der Waals surface area (Å²) in [4.78, 5) is 62.0. The lowest BCUT2D eigenvalue weighted by atomic mass is 10.1. The molecule has 12 nitrogen and oxygen atoms in total. The van der Waals surface area contributed by atoms with Crippen LogP contribution in [0.2, 0.25) is 0 Å². The Balaban J connectivity index is 0.00000320. The molecule has 3 heterocycles. The fraction of sp³-hybridized carbons (Fsp3) is 0.500. The van der Waals surface area contributed by atoms with Crippen molar-refractivity contribution in [3.8, 4) is 0 Å². The molecule has 1 aliphatic rings. The number of rotatable bonds is 7. The summed E-state index contributed by atoms with van der Waals surface area (Å²) in [6, 6.07) is -1.42. The maximum absolute atomic E-state index is 12.7. The van der Waals surface area contributed by atoms with Crippen molar-refractivity contribution in [1.82, 2.24) is 30.2 Å². The fourth-order valence-corrected chi connectivity index (χ4v) is 3.61. The van der Waals surface area contributed by atoms with Gasteiger partial charge in [0.2, 0.25) is 11.8 Å². The zero-order valence-electron chi connectivity index (χ0n) is 16.7. The van der Waals surface area contributed by atoms with Crippen LogP contribution in [0.4, 0.5) is 0 Å². The third kappa shape index (κ3) is 5.02. The minimum atomic E-state index is -0.789. The first kappa shape index (κ1) is 23.0. The summed E-state index contributed by atoms with van der Waals surface area (Å²) in [5, 5.41) is 2.73. The van der Waals surface area contributed by atoms with E-state index in [4.69, 9.17) is 5.73 Å². The Morgan fingerprint density at radius 1 is 1.37 bits per heavy atom. The molecular formula is C18H27N7O5. The van der Waals surface area contributed by atoms with E-state index in [2.05, 4.69) is 25.3 Å². The zero-order valence-corrected chi connectivity index (χ0v) is 16.7. The summed E-state index contributed by atoms with van der Waals surface area (Å²) in [5.74, 6) is -0.643. The average molecular weight is 421 g/mol. The van der Waals surface area contributed by atoms with Gasteiger partial charge in [-0.25, -0.2) is 9.78 Å². The standard InChI is InChI=1S/C18H25N7O4.H2O/c1-2-11-13(23-18(29)24-15(11)26)8-21-16(27)14-4-3-5-25(14)17(28)12(19)6-10-7-20-9-22-10;/h7,9,12,14H,2-6,8,19H2,1H3,(H,20,22)(H,21,27)(H2,23,24,26,29);1H2/t12-,14-;/m0./s1.